The van der Waals surface area contributed by atoms with Gasteiger partial charge in [0, 0.05) is 11.5 Å². The SMILES string of the molecule is COc1cc2ncn3c(=O)n(CC(=O)OC(C)C)nc3c2cc1OC. The van der Waals surface area contributed by atoms with E-state index in [1.807, 2.05) is 0 Å². The van der Waals surface area contributed by atoms with Crippen LogP contribution in [0.4, 0.5) is 0 Å². The van der Waals surface area contributed by atoms with E-state index >= 15 is 0 Å². The Labute approximate surface area is 142 Å². The summed E-state index contributed by atoms with van der Waals surface area (Å²) in [5, 5.41) is 4.85. The molecule has 2 aromatic heterocycles. The number of hydrogen-bond acceptors (Lipinski definition) is 7. The zero-order valence-electron chi connectivity index (χ0n) is 14.3. The van der Waals surface area contributed by atoms with E-state index in [2.05, 4.69) is 10.1 Å². The van der Waals surface area contributed by atoms with Crippen molar-refractivity contribution < 1.29 is 19.0 Å². The van der Waals surface area contributed by atoms with Crippen LogP contribution >= 0.6 is 0 Å². The van der Waals surface area contributed by atoms with E-state index in [1.54, 1.807) is 26.0 Å². The lowest BCUT2D eigenvalue weighted by molar-refractivity contribution is -0.148. The molecule has 0 radical (unpaired) electrons. The zero-order chi connectivity index (χ0) is 18.1. The summed E-state index contributed by atoms with van der Waals surface area (Å²) in [4.78, 5) is 28.5. The molecule has 0 aliphatic rings. The Hall–Kier alpha value is -3.10. The number of ether oxygens (including phenoxy) is 3. The molecule has 0 atom stereocenters. The van der Waals surface area contributed by atoms with Crippen LogP contribution in [0.15, 0.2) is 23.3 Å². The number of aromatic nitrogens is 4. The Balaban J connectivity index is 2.14. The second kappa shape index (κ2) is 6.42. The van der Waals surface area contributed by atoms with Gasteiger partial charge in [0.2, 0.25) is 0 Å². The minimum absolute atomic E-state index is 0.264. The standard InChI is InChI=1S/C16H18N4O5/c1-9(2)25-14(21)7-20-16(22)19-8-17-11-6-13(24-4)12(23-3)5-10(11)15(19)18-20/h5-6,8-9H,7H2,1-4H3. The van der Waals surface area contributed by atoms with Crippen LogP contribution in [-0.4, -0.2) is 45.5 Å². The Kier molecular flexibility index (Phi) is 4.30. The Morgan fingerprint density at radius 1 is 1.20 bits per heavy atom. The molecule has 0 N–H and O–H groups in total. The fraction of sp³-hybridized carbons (Fsp3) is 0.375. The van der Waals surface area contributed by atoms with Gasteiger partial charge in [-0.25, -0.2) is 18.9 Å². The summed E-state index contributed by atoms with van der Waals surface area (Å²) in [6, 6.07) is 3.39. The third kappa shape index (κ3) is 3.00. The number of nitrogens with zero attached hydrogens (tertiary/aromatic N) is 4. The highest BCUT2D eigenvalue weighted by Crippen LogP contribution is 2.32. The van der Waals surface area contributed by atoms with Crippen molar-refractivity contribution in [2.75, 3.05) is 14.2 Å². The second-order valence-corrected chi connectivity index (χ2v) is 5.64. The van der Waals surface area contributed by atoms with Crippen molar-refractivity contribution in [3.8, 4) is 11.5 Å². The largest absolute Gasteiger partial charge is 0.493 e. The smallest absolute Gasteiger partial charge is 0.352 e. The number of methoxy groups -OCH3 is 2. The highest BCUT2D eigenvalue weighted by Gasteiger charge is 2.16. The molecule has 0 bridgehead atoms. The summed E-state index contributed by atoms with van der Waals surface area (Å²) in [5.41, 5.74) is 0.486. The summed E-state index contributed by atoms with van der Waals surface area (Å²) in [5.74, 6) is 0.484. The lowest BCUT2D eigenvalue weighted by atomic mass is 10.2. The van der Waals surface area contributed by atoms with Gasteiger partial charge < -0.3 is 14.2 Å². The van der Waals surface area contributed by atoms with Gasteiger partial charge in [0.1, 0.15) is 12.9 Å². The molecule has 3 rings (SSSR count). The van der Waals surface area contributed by atoms with Crippen LogP contribution < -0.4 is 15.2 Å². The number of fused-ring (bicyclic) bond motifs is 3. The van der Waals surface area contributed by atoms with Crippen molar-refractivity contribution in [1.29, 1.82) is 0 Å². The number of esters is 1. The summed E-state index contributed by atoms with van der Waals surface area (Å²) in [6.45, 7) is 3.20. The highest BCUT2D eigenvalue weighted by atomic mass is 16.5. The topological polar surface area (TPSA) is 97.0 Å². The number of benzene rings is 1. The van der Waals surface area contributed by atoms with E-state index in [0.717, 1.165) is 4.68 Å². The van der Waals surface area contributed by atoms with Gasteiger partial charge in [0.25, 0.3) is 0 Å². The van der Waals surface area contributed by atoms with Crippen molar-refractivity contribution in [3.05, 3.63) is 28.9 Å². The summed E-state index contributed by atoms with van der Waals surface area (Å²) in [6.07, 6.45) is 1.10. The molecule has 0 saturated carbocycles. The van der Waals surface area contributed by atoms with E-state index in [1.165, 1.54) is 24.9 Å². The lowest BCUT2D eigenvalue weighted by Gasteiger charge is -2.08. The van der Waals surface area contributed by atoms with E-state index in [9.17, 15) is 9.59 Å². The van der Waals surface area contributed by atoms with Crippen molar-refractivity contribution in [3.63, 3.8) is 0 Å². The van der Waals surface area contributed by atoms with E-state index < -0.39 is 11.7 Å². The third-order valence-corrected chi connectivity index (χ3v) is 3.57. The Morgan fingerprint density at radius 3 is 2.52 bits per heavy atom. The van der Waals surface area contributed by atoms with Crippen LogP contribution in [0.5, 0.6) is 11.5 Å². The van der Waals surface area contributed by atoms with Crippen molar-refractivity contribution in [2.24, 2.45) is 0 Å². The molecule has 3 aromatic rings. The van der Waals surface area contributed by atoms with Gasteiger partial charge in [-0.15, -0.1) is 5.10 Å². The van der Waals surface area contributed by atoms with E-state index in [0.29, 0.717) is 28.0 Å². The van der Waals surface area contributed by atoms with Crippen LogP contribution in [-0.2, 0) is 16.1 Å². The van der Waals surface area contributed by atoms with Crippen molar-refractivity contribution >= 4 is 22.5 Å². The average Bonchev–Trinajstić information content (AvgIpc) is 2.89. The maximum atomic E-state index is 12.4. The molecule has 132 valence electrons. The molecule has 0 spiro atoms. The summed E-state index contributed by atoms with van der Waals surface area (Å²) in [7, 11) is 3.05. The number of hydrogen-bond donors (Lipinski definition) is 0. The van der Waals surface area contributed by atoms with Crippen LogP contribution in [0.2, 0.25) is 0 Å². The minimum Gasteiger partial charge on any atom is -0.493 e. The monoisotopic (exact) mass is 346 g/mol. The van der Waals surface area contributed by atoms with Gasteiger partial charge in [-0.05, 0) is 19.9 Å². The molecule has 0 saturated heterocycles. The predicted octanol–water partition coefficient (Wildman–Crippen LogP) is 1.01. The first-order valence-corrected chi connectivity index (χ1v) is 7.64. The number of rotatable bonds is 5. The minimum atomic E-state index is -0.531. The molecule has 25 heavy (non-hydrogen) atoms. The van der Waals surface area contributed by atoms with Gasteiger partial charge in [-0.1, -0.05) is 0 Å². The van der Waals surface area contributed by atoms with E-state index in [-0.39, 0.29) is 12.6 Å². The first-order chi connectivity index (χ1) is 11.9. The molecule has 1 aromatic carbocycles. The average molecular weight is 346 g/mol. The maximum absolute atomic E-state index is 12.4. The van der Waals surface area contributed by atoms with Crippen molar-refractivity contribution in [1.82, 2.24) is 19.2 Å². The van der Waals surface area contributed by atoms with Gasteiger partial charge in [0.15, 0.2) is 17.1 Å². The molecule has 0 unspecified atom stereocenters. The fourth-order valence-electron chi connectivity index (χ4n) is 2.51. The molecular weight excluding hydrogens is 328 g/mol. The van der Waals surface area contributed by atoms with Gasteiger partial charge in [0.05, 0.1) is 25.8 Å². The molecule has 0 aliphatic carbocycles. The molecule has 2 heterocycles. The van der Waals surface area contributed by atoms with E-state index in [4.69, 9.17) is 14.2 Å². The van der Waals surface area contributed by atoms with Gasteiger partial charge in [-0.2, -0.15) is 0 Å². The number of carbonyl (C=O) groups is 1. The maximum Gasteiger partial charge on any atom is 0.352 e. The third-order valence-electron chi connectivity index (χ3n) is 3.57. The molecule has 0 amide bonds. The second-order valence-electron chi connectivity index (χ2n) is 5.64. The first kappa shape index (κ1) is 16.7. The van der Waals surface area contributed by atoms with Crippen LogP contribution in [0.25, 0.3) is 16.6 Å². The molecule has 0 aliphatic heterocycles. The Bertz CT molecular complexity index is 1010. The Morgan fingerprint density at radius 2 is 1.88 bits per heavy atom. The lowest BCUT2D eigenvalue weighted by Crippen LogP contribution is -2.27. The zero-order valence-corrected chi connectivity index (χ0v) is 14.3. The quantitative estimate of drug-likeness (QED) is 0.636. The molecule has 9 nitrogen and oxygen atoms in total. The van der Waals surface area contributed by atoms with Crippen LogP contribution in [0, 0.1) is 0 Å². The predicted molar refractivity (Wildman–Crippen MR) is 89.1 cm³/mol. The normalized spacial score (nSPS) is 11.2. The molecule has 0 fully saturated rings. The fourth-order valence-corrected chi connectivity index (χ4v) is 2.51. The van der Waals surface area contributed by atoms with Crippen LogP contribution in [0.1, 0.15) is 13.8 Å². The first-order valence-electron chi connectivity index (χ1n) is 7.64. The molecule has 9 heteroatoms. The highest BCUT2D eigenvalue weighted by molar-refractivity contribution is 5.93. The number of carbonyl (C=O) groups excluding carboxylic acids is 1. The van der Waals surface area contributed by atoms with Crippen molar-refractivity contribution in [2.45, 2.75) is 26.5 Å². The van der Waals surface area contributed by atoms with Crippen LogP contribution in [0.3, 0.4) is 0 Å². The summed E-state index contributed by atoms with van der Waals surface area (Å²) >= 11 is 0. The molecular formula is C16H18N4O5. The summed E-state index contributed by atoms with van der Waals surface area (Å²) < 4.78 is 17.9. The van der Waals surface area contributed by atoms with Gasteiger partial charge in [-0.3, -0.25) is 4.79 Å². The van der Waals surface area contributed by atoms with Gasteiger partial charge >= 0.3 is 11.7 Å².